The Morgan fingerprint density at radius 3 is 2.37 bits per heavy atom. The second-order valence-corrected chi connectivity index (χ2v) is 9.76. The Morgan fingerprint density at radius 1 is 0.947 bits per heavy atom. The van der Waals surface area contributed by atoms with Crippen LogP contribution in [0.4, 0.5) is 0 Å². The summed E-state index contributed by atoms with van der Waals surface area (Å²) in [6, 6.07) is 24.5. The Bertz CT molecular complexity index is 1390. The van der Waals surface area contributed by atoms with Crippen molar-refractivity contribution in [2.45, 2.75) is 45.1 Å². The molecule has 0 spiro atoms. The summed E-state index contributed by atoms with van der Waals surface area (Å²) in [6.07, 6.45) is 1.00. The molecule has 0 bridgehead atoms. The number of benzene rings is 3. The summed E-state index contributed by atoms with van der Waals surface area (Å²) in [6.45, 7) is 4.13. The van der Waals surface area contributed by atoms with E-state index in [1.807, 2.05) is 67.6 Å². The maximum Gasteiger partial charge on any atom is 0.336 e. The molecule has 0 radical (unpaired) electrons. The molecule has 3 atom stereocenters. The van der Waals surface area contributed by atoms with Crippen molar-refractivity contribution in [3.63, 3.8) is 0 Å². The zero-order chi connectivity index (χ0) is 26.6. The van der Waals surface area contributed by atoms with Gasteiger partial charge in [0.1, 0.15) is 12.4 Å². The van der Waals surface area contributed by atoms with Crippen molar-refractivity contribution >= 4 is 17.5 Å². The number of nitrogens with zero attached hydrogens (tertiary/aromatic N) is 1. The Kier molecular flexibility index (Phi) is 7.40. The predicted molar refractivity (Wildman–Crippen MR) is 145 cm³/mol. The molecule has 6 heteroatoms. The highest BCUT2D eigenvalue weighted by molar-refractivity contribution is 6.12. The number of phenols is 1. The Balaban J connectivity index is 1.55. The fourth-order valence-electron chi connectivity index (χ4n) is 5.56. The van der Waals surface area contributed by atoms with Gasteiger partial charge in [0.05, 0.1) is 18.1 Å². The molecule has 5 rings (SSSR count). The van der Waals surface area contributed by atoms with Gasteiger partial charge in [-0.3, -0.25) is 9.79 Å². The molecular formula is C32H31NO5. The quantitative estimate of drug-likeness (QED) is 0.389. The third-order valence-electron chi connectivity index (χ3n) is 7.30. The first-order valence-corrected chi connectivity index (χ1v) is 13.0. The number of aliphatic imine (C=N–C) groups is 1. The van der Waals surface area contributed by atoms with Crippen LogP contribution < -0.4 is 4.74 Å². The van der Waals surface area contributed by atoms with E-state index in [1.54, 1.807) is 25.1 Å². The first-order valence-electron chi connectivity index (χ1n) is 13.0. The molecule has 6 nitrogen and oxygen atoms in total. The van der Waals surface area contributed by atoms with Gasteiger partial charge in [0, 0.05) is 23.7 Å². The summed E-state index contributed by atoms with van der Waals surface area (Å²) >= 11 is 0. The molecule has 3 aromatic rings. The SMILES string of the molecule is CCOc1cc([C@@H]2C(C(=O)OCc3ccccc3)=C(C)N=C3C[C@H](c4ccccc4)CC(=O)C32)ccc1O. The van der Waals surface area contributed by atoms with Crippen molar-refractivity contribution in [3.8, 4) is 11.5 Å². The minimum absolute atomic E-state index is 0.00770. The summed E-state index contributed by atoms with van der Waals surface area (Å²) in [5.74, 6) is -1.27. The van der Waals surface area contributed by atoms with Gasteiger partial charge < -0.3 is 14.6 Å². The third-order valence-corrected chi connectivity index (χ3v) is 7.30. The number of ketones is 1. The van der Waals surface area contributed by atoms with Gasteiger partial charge in [0.2, 0.25) is 0 Å². The fraction of sp³-hybridized carbons (Fsp3) is 0.281. The van der Waals surface area contributed by atoms with Crippen molar-refractivity contribution in [1.29, 1.82) is 0 Å². The van der Waals surface area contributed by atoms with Crippen molar-refractivity contribution in [1.82, 2.24) is 0 Å². The van der Waals surface area contributed by atoms with Crippen LogP contribution in [0, 0.1) is 5.92 Å². The second-order valence-electron chi connectivity index (χ2n) is 9.76. The van der Waals surface area contributed by atoms with Crippen LogP contribution in [-0.2, 0) is 20.9 Å². The normalized spacial score (nSPS) is 20.9. The average molecular weight is 510 g/mol. The minimum atomic E-state index is -0.588. The molecule has 0 aromatic heterocycles. The fourth-order valence-corrected chi connectivity index (χ4v) is 5.56. The number of carbonyl (C=O) groups excluding carboxylic acids is 2. The van der Waals surface area contributed by atoms with Gasteiger partial charge in [-0.25, -0.2) is 4.79 Å². The van der Waals surface area contributed by atoms with Gasteiger partial charge in [-0.1, -0.05) is 66.7 Å². The van der Waals surface area contributed by atoms with Gasteiger partial charge in [0.15, 0.2) is 11.5 Å². The summed E-state index contributed by atoms with van der Waals surface area (Å²) in [5, 5.41) is 10.3. The molecule has 3 aromatic carbocycles. The Labute approximate surface area is 222 Å². The molecule has 0 amide bonds. The number of aromatic hydroxyl groups is 1. The van der Waals surface area contributed by atoms with E-state index in [1.165, 1.54) is 0 Å². The van der Waals surface area contributed by atoms with E-state index in [2.05, 4.69) is 0 Å². The first-order chi connectivity index (χ1) is 18.5. The topological polar surface area (TPSA) is 85.2 Å². The van der Waals surface area contributed by atoms with Crippen LogP contribution in [0.25, 0.3) is 0 Å². The summed E-state index contributed by atoms with van der Waals surface area (Å²) in [5.41, 5.74) is 4.39. The zero-order valence-electron chi connectivity index (χ0n) is 21.6. The number of ether oxygens (including phenoxy) is 2. The van der Waals surface area contributed by atoms with Gasteiger partial charge in [0.25, 0.3) is 0 Å². The molecule has 2 aliphatic rings. The third kappa shape index (κ3) is 5.12. The van der Waals surface area contributed by atoms with Gasteiger partial charge in [-0.05, 0) is 55.0 Å². The highest BCUT2D eigenvalue weighted by Crippen LogP contribution is 2.47. The van der Waals surface area contributed by atoms with Crippen LogP contribution in [0.3, 0.4) is 0 Å². The predicted octanol–water partition coefficient (Wildman–Crippen LogP) is 6.11. The van der Waals surface area contributed by atoms with Crippen LogP contribution in [0.5, 0.6) is 11.5 Å². The molecule has 1 fully saturated rings. The van der Waals surface area contributed by atoms with E-state index in [0.29, 0.717) is 42.0 Å². The number of esters is 1. The summed E-state index contributed by atoms with van der Waals surface area (Å²) < 4.78 is 11.4. The number of allylic oxidation sites excluding steroid dienone is 1. The standard InChI is InChI=1S/C32H31NO5/c1-3-37-28-18-23(14-15-26(28)34)30-29(32(36)38-19-21-10-6-4-7-11-21)20(2)33-25-16-24(17-27(35)31(25)30)22-12-8-5-9-13-22/h4-15,18,24,30-31,34H,3,16-17,19H2,1-2H3/t24-,30+,31?/m0/s1. The number of Topliss-reactive ketones (excluding diaryl/α,β-unsaturated/α-hetero) is 1. The lowest BCUT2D eigenvalue weighted by atomic mass is 9.66. The number of carbonyl (C=O) groups is 2. The second kappa shape index (κ2) is 11.1. The average Bonchev–Trinajstić information content (AvgIpc) is 2.93. The number of rotatable bonds is 7. The van der Waals surface area contributed by atoms with E-state index >= 15 is 0 Å². The van der Waals surface area contributed by atoms with Crippen molar-refractivity contribution in [2.24, 2.45) is 10.9 Å². The molecule has 38 heavy (non-hydrogen) atoms. The van der Waals surface area contributed by atoms with Crippen molar-refractivity contribution in [2.75, 3.05) is 6.61 Å². The Morgan fingerprint density at radius 2 is 1.66 bits per heavy atom. The molecule has 1 unspecified atom stereocenters. The van der Waals surface area contributed by atoms with Crippen LogP contribution in [0.15, 0.2) is 95.1 Å². The molecule has 1 aliphatic carbocycles. The summed E-state index contributed by atoms with van der Waals surface area (Å²) in [7, 11) is 0. The molecule has 1 N–H and O–H groups in total. The Hall–Kier alpha value is -4.19. The van der Waals surface area contributed by atoms with E-state index in [-0.39, 0.29) is 24.1 Å². The van der Waals surface area contributed by atoms with E-state index < -0.39 is 17.8 Å². The van der Waals surface area contributed by atoms with Gasteiger partial charge in [-0.2, -0.15) is 0 Å². The van der Waals surface area contributed by atoms with Crippen LogP contribution >= 0.6 is 0 Å². The molecule has 194 valence electrons. The maximum atomic E-state index is 13.8. The number of phenolic OH excluding ortho intramolecular Hbond substituents is 1. The zero-order valence-corrected chi connectivity index (χ0v) is 21.6. The van der Waals surface area contributed by atoms with Gasteiger partial charge >= 0.3 is 5.97 Å². The van der Waals surface area contributed by atoms with E-state index in [4.69, 9.17) is 14.5 Å². The first kappa shape index (κ1) is 25.5. The maximum absolute atomic E-state index is 13.8. The smallest absolute Gasteiger partial charge is 0.336 e. The lowest BCUT2D eigenvalue weighted by Crippen LogP contribution is -2.41. The van der Waals surface area contributed by atoms with Crippen LogP contribution in [0.1, 0.15) is 55.2 Å². The molecule has 1 saturated carbocycles. The van der Waals surface area contributed by atoms with Crippen LogP contribution in [0.2, 0.25) is 0 Å². The molecule has 0 saturated heterocycles. The monoisotopic (exact) mass is 509 g/mol. The minimum Gasteiger partial charge on any atom is -0.504 e. The molecule has 1 aliphatic heterocycles. The highest BCUT2D eigenvalue weighted by atomic mass is 16.5. The highest BCUT2D eigenvalue weighted by Gasteiger charge is 2.46. The van der Waals surface area contributed by atoms with E-state index in [0.717, 1.165) is 16.8 Å². The number of fused-ring (bicyclic) bond motifs is 1. The van der Waals surface area contributed by atoms with Crippen LogP contribution in [-0.4, -0.2) is 29.2 Å². The number of hydrogen-bond donors (Lipinski definition) is 1. The van der Waals surface area contributed by atoms with Gasteiger partial charge in [-0.15, -0.1) is 0 Å². The lowest BCUT2D eigenvalue weighted by Gasteiger charge is -2.38. The van der Waals surface area contributed by atoms with Crippen molar-refractivity contribution in [3.05, 3.63) is 107 Å². The number of hydrogen-bond acceptors (Lipinski definition) is 6. The molecule has 1 heterocycles. The molecular weight excluding hydrogens is 478 g/mol. The van der Waals surface area contributed by atoms with E-state index in [9.17, 15) is 14.7 Å². The lowest BCUT2D eigenvalue weighted by molar-refractivity contribution is -0.140. The van der Waals surface area contributed by atoms with Crippen molar-refractivity contribution < 1.29 is 24.2 Å². The largest absolute Gasteiger partial charge is 0.504 e. The summed E-state index contributed by atoms with van der Waals surface area (Å²) in [4.78, 5) is 32.2.